The molecule has 170 valence electrons. The number of anilines is 1. The van der Waals surface area contributed by atoms with Gasteiger partial charge in [-0.25, -0.2) is 22.8 Å². The average Bonchev–Trinajstić information content (AvgIpc) is 3.46. The first kappa shape index (κ1) is 22.1. The molecule has 1 N–H and O–H groups in total. The van der Waals surface area contributed by atoms with Crippen LogP contribution in [-0.4, -0.2) is 41.7 Å². The zero-order valence-corrected chi connectivity index (χ0v) is 19.7. The summed E-state index contributed by atoms with van der Waals surface area (Å²) in [5.41, 5.74) is 1.63. The molecular formula is C22H19FN4O3S3. The van der Waals surface area contributed by atoms with Crippen LogP contribution in [0.4, 0.5) is 9.52 Å². The number of thiazole rings is 2. The summed E-state index contributed by atoms with van der Waals surface area (Å²) in [7, 11) is -3.71. The smallest absolute Gasteiger partial charge is 0.243 e. The Hall–Kier alpha value is -2.73. The lowest BCUT2D eigenvalue weighted by Gasteiger charge is -2.30. The summed E-state index contributed by atoms with van der Waals surface area (Å²) in [6, 6.07) is 12.6. The summed E-state index contributed by atoms with van der Waals surface area (Å²) in [6.07, 6.45) is 0.810. The molecule has 2 aromatic carbocycles. The molecule has 0 unspecified atom stereocenters. The minimum atomic E-state index is -3.71. The number of halogens is 1. The van der Waals surface area contributed by atoms with Crippen molar-refractivity contribution in [2.45, 2.75) is 17.7 Å². The van der Waals surface area contributed by atoms with Crippen LogP contribution in [0.1, 0.15) is 12.8 Å². The van der Waals surface area contributed by atoms with Crippen molar-refractivity contribution >= 4 is 54.0 Å². The van der Waals surface area contributed by atoms with Crippen molar-refractivity contribution in [2.75, 3.05) is 18.4 Å². The van der Waals surface area contributed by atoms with Gasteiger partial charge in [0, 0.05) is 24.4 Å². The molecule has 0 atom stereocenters. The number of para-hydroxylation sites is 1. The van der Waals surface area contributed by atoms with E-state index in [9.17, 15) is 17.6 Å². The van der Waals surface area contributed by atoms with Crippen LogP contribution in [0, 0.1) is 11.7 Å². The average molecular weight is 503 g/mol. The van der Waals surface area contributed by atoms with Crippen molar-refractivity contribution in [3.8, 4) is 10.7 Å². The molecule has 0 aliphatic carbocycles. The second-order valence-electron chi connectivity index (χ2n) is 7.65. The number of rotatable bonds is 5. The van der Waals surface area contributed by atoms with Crippen LogP contribution in [-0.2, 0) is 14.8 Å². The minimum Gasteiger partial charge on any atom is -0.302 e. The fourth-order valence-corrected chi connectivity index (χ4v) is 6.90. The van der Waals surface area contributed by atoms with Gasteiger partial charge in [0.25, 0.3) is 0 Å². The van der Waals surface area contributed by atoms with Crippen LogP contribution in [0.2, 0.25) is 0 Å². The van der Waals surface area contributed by atoms with Crippen molar-refractivity contribution in [1.82, 2.24) is 14.3 Å². The van der Waals surface area contributed by atoms with Crippen LogP contribution in [0.25, 0.3) is 20.9 Å². The third kappa shape index (κ3) is 4.54. The van der Waals surface area contributed by atoms with Gasteiger partial charge in [0.1, 0.15) is 16.5 Å². The lowest BCUT2D eigenvalue weighted by atomic mass is 9.97. The van der Waals surface area contributed by atoms with Gasteiger partial charge in [-0.05, 0) is 49.2 Å². The molecule has 4 aromatic rings. The topological polar surface area (TPSA) is 92.3 Å². The van der Waals surface area contributed by atoms with Gasteiger partial charge in [-0.3, -0.25) is 4.79 Å². The number of hydrogen-bond acceptors (Lipinski definition) is 7. The Morgan fingerprint density at radius 1 is 1.06 bits per heavy atom. The van der Waals surface area contributed by atoms with Gasteiger partial charge in [0.2, 0.25) is 15.9 Å². The predicted molar refractivity (Wildman–Crippen MR) is 127 cm³/mol. The molecule has 1 aliphatic rings. The minimum absolute atomic E-state index is 0.0527. The number of piperidine rings is 1. The summed E-state index contributed by atoms with van der Waals surface area (Å²) >= 11 is 2.89. The van der Waals surface area contributed by atoms with Crippen molar-refractivity contribution in [3.05, 3.63) is 59.7 Å². The Kier molecular flexibility index (Phi) is 5.95. The van der Waals surface area contributed by atoms with E-state index in [2.05, 4.69) is 15.3 Å². The molecule has 1 aliphatic heterocycles. The Morgan fingerprint density at radius 2 is 1.79 bits per heavy atom. The molecule has 0 bridgehead atoms. The monoisotopic (exact) mass is 502 g/mol. The molecule has 2 aromatic heterocycles. The van der Waals surface area contributed by atoms with Crippen LogP contribution >= 0.6 is 22.7 Å². The number of carbonyl (C=O) groups excluding carboxylic acids is 1. The first-order valence-electron chi connectivity index (χ1n) is 10.3. The Bertz CT molecular complexity index is 1380. The molecule has 1 fully saturated rings. The SMILES string of the molecule is O=C(Nc1nc(-c2nc3ccccc3s2)cs1)C1CCN(S(=O)(=O)c2ccc(F)cc2)CC1. The number of fused-ring (bicyclic) bond motifs is 1. The van der Waals surface area contributed by atoms with Crippen LogP contribution in [0.15, 0.2) is 58.8 Å². The Labute approximate surface area is 198 Å². The van der Waals surface area contributed by atoms with Crippen LogP contribution in [0.3, 0.4) is 0 Å². The number of carbonyl (C=O) groups is 1. The summed E-state index contributed by atoms with van der Waals surface area (Å²) in [4.78, 5) is 21.9. The Morgan fingerprint density at radius 3 is 2.52 bits per heavy atom. The quantitative estimate of drug-likeness (QED) is 0.431. The first-order valence-corrected chi connectivity index (χ1v) is 13.4. The first-order chi connectivity index (χ1) is 15.9. The highest BCUT2D eigenvalue weighted by Crippen LogP contribution is 2.32. The lowest BCUT2D eigenvalue weighted by molar-refractivity contribution is -0.120. The van der Waals surface area contributed by atoms with Crippen LogP contribution < -0.4 is 5.32 Å². The molecule has 1 amide bonds. The van der Waals surface area contributed by atoms with Gasteiger partial charge >= 0.3 is 0 Å². The molecule has 5 rings (SSSR count). The second-order valence-corrected chi connectivity index (χ2v) is 11.5. The van der Waals surface area contributed by atoms with E-state index >= 15 is 0 Å². The van der Waals surface area contributed by atoms with Crippen molar-refractivity contribution in [2.24, 2.45) is 5.92 Å². The normalized spacial score (nSPS) is 15.7. The third-order valence-corrected chi connectivity index (χ3v) is 9.25. The van der Waals surface area contributed by atoms with Gasteiger partial charge in [-0.1, -0.05) is 12.1 Å². The summed E-state index contributed by atoms with van der Waals surface area (Å²) in [6.45, 7) is 0.458. The number of amides is 1. The number of sulfonamides is 1. The van der Waals surface area contributed by atoms with E-state index < -0.39 is 15.8 Å². The molecule has 0 spiro atoms. The largest absolute Gasteiger partial charge is 0.302 e. The van der Waals surface area contributed by atoms with Crippen molar-refractivity contribution < 1.29 is 17.6 Å². The lowest BCUT2D eigenvalue weighted by Crippen LogP contribution is -2.41. The maximum Gasteiger partial charge on any atom is 0.243 e. The molecule has 7 nitrogen and oxygen atoms in total. The fourth-order valence-electron chi connectivity index (χ4n) is 3.73. The van der Waals surface area contributed by atoms with E-state index in [-0.39, 0.29) is 29.8 Å². The molecule has 1 saturated heterocycles. The molecule has 33 heavy (non-hydrogen) atoms. The van der Waals surface area contributed by atoms with Gasteiger partial charge in [-0.15, -0.1) is 22.7 Å². The van der Waals surface area contributed by atoms with E-state index in [4.69, 9.17) is 0 Å². The number of nitrogens with one attached hydrogen (secondary N) is 1. The molecule has 0 saturated carbocycles. The number of nitrogens with zero attached hydrogens (tertiary/aromatic N) is 3. The second kappa shape index (κ2) is 8.90. The van der Waals surface area contributed by atoms with E-state index in [1.165, 1.54) is 27.8 Å². The number of hydrogen-bond donors (Lipinski definition) is 1. The summed E-state index contributed by atoms with van der Waals surface area (Å²) in [5, 5.41) is 6.02. The van der Waals surface area contributed by atoms with E-state index in [0.717, 1.165) is 33.1 Å². The standard InChI is InChI=1S/C22H19FN4O3S3/c23-15-5-7-16(8-6-15)33(29,30)27-11-9-14(10-12-27)20(28)26-22-25-18(13-31-22)21-24-17-3-1-2-4-19(17)32-21/h1-8,13-14H,9-12H2,(H,25,26,28). The van der Waals surface area contributed by atoms with Gasteiger partial charge in [0.05, 0.1) is 15.1 Å². The molecule has 3 heterocycles. The van der Waals surface area contributed by atoms with Crippen LogP contribution in [0.5, 0.6) is 0 Å². The highest BCUT2D eigenvalue weighted by Gasteiger charge is 2.32. The van der Waals surface area contributed by atoms with Gasteiger partial charge in [0.15, 0.2) is 5.13 Å². The molecule has 11 heteroatoms. The van der Waals surface area contributed by atoms with Crippen molar-refractivity contribution in [3.63, 3.8) is 0 Å². The summed E-state index contributed by atoms with van der Waals surface area (Å²) in [5.74, 6) is -0.962. The molecule has 0 radical (unpaired) electrons. The highest BCUT2D eigenvalue weighted by molar-refractivity contribution is 7.89. The van der Waals surface area contributed by atoms with E-state index in [0.29, 0.717) is 18.0 Å². The Balaban J connectivity index is 1.21. The van der Waals surface area contributed by atoms with E-state index in [1.54, 1.807) is 11.3 Å². The fraction of sp³-hybridized carbons (Fsp3) is 0.227. The number of aromatic nitrogens is 2. The van der Waals surface area contributed by atoms with Crippen molar-refractivity contribution in [1.29, 1.82) is 0 Å². The highest BCUT2D eigenvalue weighted by atomic mass is 32.2. The maximum atomic E-state index is 13.1. The van der Waals surface area contributed by atoms with E-state index in [1.807, 2.05) is 29.6 Å². The van der Waals surface area contributed by atoms with Gasteiger partial charge < -0.3 is 5.32 Å². The van der Waals surface area contributed by atoms with Gasteiger partial charge in [-0.2, -0.15) is 4.31 Å². The summed E-state index contributed by atoms with van der Waals surface area (Å²) < 4.78 is 41.1. The third-order valence-electron chi connectivity index (χ3n) is 5.52. The predicted octanol–water partition coefficient (Wildman–Crippen LogP) is 4.60. The maximum absolute atomic E-state index is 13.1. The zero-order valence-electron chi connectivity index (χ0n) is 17.3. The molecular weight excluding hydrogens is 483 g/mol. The number of benzene rings is 2. The zero-order chi connectivity index (χ0) is 23.0.